The van der Waals surface area contributed by atoms with E-state index in [9.17, 15) is 9.59 Å². The smallest absolute Gasteiger partial charge is 0.286 e. The maximum Gasteiger partial charge on any atom is 0.286 e. The number of nitrogens with zero attached hydrogens (tertiary/aromatic N) is 1. The zero-order valence-electron chi connectivity index (χ0n) is 10.1. The molecule has 19 heavy (non-hydrogen) atoms. The number of hydrogen-bond acceptors (Lipinski definition) is 3. The molecule has 1 aliphatic rings. The maximum absolute atomic E-state index is 11.7. The molecule has 0 saturated carbocycles. The highest BCUT2D eigenvalue weighted by Crippen LogP contribution is 2.27. The Morgan fingerprint density at radius 2 is 2.11 bits per heavy atom. The predicted octanol–water partition coefficient (Wildman–Crippen LogP) is 2.84. The van der Waals surface area contributed by atoms with Crippen LogP contribution in [0.15, 0.2) is 34.2 Å². The van der Waals surface area contributed by atoms with E-state index in [1.54, 1.807) is 25.1 Å². The van der Waals surface area contributed by atoms with Gasteiger partial charge in [-0.2, -0.15) is 4.99 Å². The molecule has 0 aliphatic carbocycles. The molecule has 6 heteroatoms. The fraction of sp³-hybridized carbons (Fsp3) is 0.154. The van der Waals surface area contributed by atoms with Crippen molar-refractivity contribution in [3.05, 3.63) is 39.8 Å². The van der Waals surface area contributed by atoms with Gasteiger partial charge in [0.2, 0.25) is 5.91 Å². The SMILES string of the molecule is CCC(=O)NC1=NC(=O)/C(=C/c2ccc(Cl)cc2)S1. The summed E-state index contributed by atoms with van der Waals surface area (Å²) in [5.41, 5.74) is 0.860. The lowest BCUT2D eigenvalue weighted by atomic mass is 10.2. The first kappa shape index (κ1) is 13.8. The van der Waals surface area contributed by atoms with E-state index in [4.69, 9.17) is 11.6 Å². The number of halogens is 1. The third-order valence-electron chi connectivity index (χ3n) is 2.36. The highest BCUT2D eigenvalue weighted by molar-refractivity contribution is 8.18. The van der Waals surface area contributed by atoms with Gasteiger partial charge in [-0.15, -0.1) is 0 Å². The average Bonchev–Trinajstić information content (AvgIpc) is 2.72. The molecule has 98 valence electrons. The molecule has 0 unspecified atom stereocenters. The molecular weight excluding hydrogens is 284 g/mol. The lowest BCUT2D eigenvalue weighted by Crippen LogP contribution is -2.26. The molecule has 1 heterocycles. The van der Waals surface area contributed by atoms with Crippen LogP contribution in [0.25, 0.3) is 6.08 Å². The van der Waals surface area contributed by atoms with Crippen LogP contribution in [-0.4, -0.2) is 17.0 Å². The molecule has 0 spiro atoms. The van der Waals surface area contributed by atoms with E-state index in [0.29, 0.717) is 21.5 Å². The summed E-state index contributed by atoms with van der Waals surface area (Å²) in [5.74, 6) is -0.502. The van der Waals surface area contributed by atoms with E-state index in [2.05, 4.69) is 10.3 Å². The van der Waals surface area contributed by atoms with Crippen molar-refractivity contribution in [3.8, 4) is 0 Å². The van der Waals surface area contributed by atoms with Crippen molar-refractivity contribution < 1.29 is 9.59 Å². The topological polar surface area (TPSA) is 58.5 Å². The van der Waals surface area contributed by atoms with Gasteiger partial charge in [0.25, 0.3) is 5.91 Å². The summed E-state index contributed by atoms with van der Waals surface area (Å²) < 4.78 is 0. The van der Waals surface area contributed by atoms with E-state index >= 15 is 0 Å². The van der Waals surface area contributed by atoms with E-state index in [0.717, 1.165) is 17.3 Å². The van der Waals surface area contributed by atoms with Gasteiger partial charge in [-0.25, -0.2) is 0 Å². The minimum absolute atomic E-state index is 0.160. The first-order valence-electron chi connectivity index (χ1n) is 5.66. The van der Waals surface area contributed by atoms with Crippen molar-refractivity contribution in [2.24, 2.45) is 4.99 Å². The molecule has 0 radical (unpaired) electrons. The number of thioether (sulfide) groups is 1. The van der Waals surface area contributed by atoms with Crippen molar-refractivity contribution in [1.29, 1.82) is 0 Å². The number of nitrogens with one attached hydrogen (secondary N) is 1. The molecule has 1 N–H and O–H groups in total. The lowest BCUT2D eigenvalue weighted by Gasteiger charge is -2.00. The number of benzene rings is 1. The summed E-state index contributed by atoms with van der Waals surface area (Å²) in [6.07, 6.45) is 2.07. The van der Waals surface area contributed by atoms with Gasteiger partial charge in [0.05, 0.1) is 4.91 Å². The number of carbonyl (C=O) groups is 2. The minimum Gasteiger partial charge on any atom is -0.305 e. The molecule has 0 bridgehead atoms. The van der Waals surface area contributed by atoms with Gasteiger partial charge >= 0.3 is 0 Å². The number of aliphatic imine (C=N–C) groups is 1. The number of rotatable bonds is 2. The van der Waals surface area contributed by atoms with Crippen LogP contribution < -0.4 is 5.32 Å². The molecule has 2 rings (SSSR count). The molecule has 0 fully saturated rings. The van der Waals surface area contributed by atoms with Crippen LogP contribution in [0.1, 0.15) is 18.9 Å². The summed E-state index contributed by atoms with van der Waals surface area (Å²) >= 11 is 6.95. The van der Waals surface area contributed by atoms with Crippen molar-refractivity contribution in [3.63, 3.8) is 0 Å². The average molecular weight is 295 g/mol. The van der Waals surface area contributed by atoms with Crippen LogP contribution in [0.3, 0.4) is 0 Å². The molecule has 2 amide bonds. The summed E-state index contributed by atoms with van der Waals surface area (Å²) in [7, 11) is 0. The first-order chi connectivity index (χ1) is 9.08. The summed E-state index contributed by atoms with van der Waals surface area (Å²) in [4.78, 5) is 27.2. The van der Waals surface area contributed by atoms with Gasteiger partial charge in [0.15, 0.2) is 5.17 Å². The van der Waals surface area contributed by atoms with Crippen LogP contribution in [0.5, 0.6) is 0 Å². The molecule has 4 nitrogen and oxygen atoms in total. The van der Waals surface area contributed by atoms with E-state index in [1.165, 1.54) is 0 Å². The third-order valence-corrected chi connectivity index (χ3v) is 3.51. The van der Waals surface area contributed by atoms with Crippen LogP contribution in [0, 0.1) is 0 Å². The molecular formula is C13H11ClN2O2S. The normalized spacial score (nSPS) is 16.6. The number of carbonyl (C=O) groups excluding carboxylic acids is 2. The monoisotopic (exact) mass is 294 g/mol. The zero-order chi connectivity index (χ0) is 13.8. The van der Waals surface area contributed by atoms with Gasteiger partial charge in [-0.1, -0.05) is 30.7 Å². The Hall–Kier alpha value is -1.59. The fourth-order valence-electron chi connectivity index (χ4n) is 1.38. The molecule has 0 saturated heterocycles. The first-order valence-corrected chi connectivity index (χ1v) is 6.86. The van der Waals surface area contributed by atoms with Gasteiger partial charge in [-0.05, 0) is 35.5 Å². The summed E-state index contributed by atoms with van der Waals surface area (Å²) in [5, 5.41) is 3.54. The van der Waals surface area contributed by atoms with E-state index in [-0.39, 0.29) is 11.8 Å². The predicted molar refractivity (Wildman–Crippen MR) is 77.9 cm³/mol. The molecule has 1 aromatic carbocycles. The molecule has 0 atom stereocenters. The Balaban J connectivity index is 2.10. The van der Waals surface area contributed by atoms with Crippen molar-refractivity contribution >= 4 is 46.4 Å². The largest absolute Gasteiger partial charge is 0.305 e. The van der Waals surface area contributed by atoms with E-state index in [1.807, 2.05) is 12.1 Å². The number of amidine groups is 1. The Kier molecular flexibility index (Phi) is 4.39. The molecule has 0 aromatic heterocycles. The highest BCUT2D eigenvalue weighted by atomic mass is 35.5. The second-order valence-electron chi connectivity index (χ2n) is 3.79. The zero-order valence-corrected chi connectivity index (χ0v) is 11.7. The quantitative estimate of drug-likeness (QED) is 0.853. The van der Waals surface area contributed by atoms with Crippen LogP contribution in [0.4, 0.5) is 0 Å². The number of amides is 2. The van der Waals surface area contributed by atoms with Crippen LogP contribution in [0.2, 0.25) is 5.02 Å². The second-order valence-corrected chi connectivity index (χ2v) is 5.25. The third kappa shape index (κ3) is 3.68. The van der Waals surface area contributed by atoms with E-state index < -0.39 is 0 Å². The minimum atomic E-state index is -0.341. The number of hydrogen-bond donors (Lipinski definition) is 1. The Morgan fingerprint density at radius 1 is 1.42 bits per heavy atom. The van der Waals surface area contributed by atoms with Crippen molar-refractivity contribution in [2.75, 3.05) is 0 Å². The summed E-state index contributed by atoms with van der Waals surface area (Å²) in [6, 6.07) is 7.12. The lowest BCUT2D eigenvalue weighted by molar-refractivity contribution is -0.119. The Bertz CT molecular complexity index is 579. The standard InChI is InChI=1S/C13H11ClN2O2S/c1-2-11(17)15-13-16-12(18)10(19-13)7-8-3-5-9(14)6-4-8/h3-7H,2H2,1H3,(H,15,16,17,18)/b10-7-. The van der Waals surface area contributed by atoms with Gasteiger partial charge < -0.3 is 5.32 Å². The van der Waals surface area contributed by atoms with Gasteiger partial charge in [0.1, 0.15) is 0 Å². The fourth-order valence-corrected chi connectivity index (χ4v) is 2.34. The Labute approximate surface area is 119 Å². The van der Waals surface area contributed by atoms with Crippen molar-refractivity contribution in [1.82, 2.24) is 5.32 Å². The van der Waals surface area contributed by atoms with Crippen LogP contribution in [-0.2, 0) is 9.59 Å². The highest BCUT2D eigenvalue weighted by Gasteiger charge is 2.22. The Morgan fingerprint density at radius 3 is 2.74 bits per heavy atom. The molecule has 1 aliphatic heterocycles. The maximum atomic E-state index is 11.7. The summed E-state index contributed by atoms with van der Waals surface area (Å²) in [6.45, 7) is 1.74. The van der Waals surface area contributed by atoms with Gasteiger partial charge in [-0.3, -0.25) is 9.59 Å². The second kappa shape index (κ2) is 6.04. The molecule has 1 aromatic rings. The van der Waals surface area contributed by atoms with Crippen LogP contribution >= 0.6 is 23.4 Å². The van der Waals surface area contributed by atoms with Crippen molar-refractivity contribution in [2.45, 2.75) is 13.3 Å². The van der Waals surface area contributed by atoms with Gasteiger partial charge in [0, 0.05) is 11.4 Å².